The summed E-state index contributed by atoms with van der Waals surface area (Å²) in [6.07, 6.45) is -1.84. The lowest BCUT2D eigenvalue weighted by molar-refractivity contribution is -0.137. The summed E-state index contributed by atoms with van der Waals surface area (Å²) in [6, 6.07) is 18.8. The number of rotatable bonds is 6. The van der Waals surface area contributed by atoms with Crippen molar-refractivity contribution in [3.05, 3.63) is 101 Å². The number of carbonyl (C=O) groups excluding carboxylic acids is 2. The number of alkyl carbamates (subject to hydrolysis) is 1. The van der Waals surface area contributed by atoms with Crippen molar-refractivity contribution in [2.45, 2.75) is 12.1 Å². The van der Waals surface area contributed by atoms with Gasteiger partial charge >= 0.3 is 12.3 Å². The zero-order chi connectivity index (χ0) is 23.4. The molecular weight excluding hydrogens is 431 g/mol. The van der Waals surface area contributed by atoms with Crippen LogP contribution in [0.4, 0.5) is 18.0 Å². The molecule has 0 aliphatic heterocycles. The largest absolute Gasteiger partial charge is 0.449 e. The molecule has 4 rings (SSSR count). The predicted molar refractivity (Wildman–Crippen MR) is 119 cm³/mol. The first-order valence-electron chi connectivity index (χ1n) is 10.3. The number of halogens is 3. The topological polar surface area (TPSA) is 55.4 Å². The van der Waals surface area contributed by atoms with E-state index in [4.69, 9.17) is 4.74 Å². The van der Waals surface area contributed by atoms with Gasteiger partial charge in [0.2, 0.25) is 0 Å². The number of hydrogen-bond donors (Lipinski definition) is 1. The SMILES string of the molecule is O=Cc1ccc(C(F)(F)F)cc1C=CCNC(=O)OCC1c2ccccc2-c2ccccc21. The maximum absolute atomic E-state index is 12.9. The molecular formula is C26H20F3NO3. The zero-order valence-corrected chi connectivity index (χ0v) is 17.4. The van der Waals surface area contributed by atoms with Crippen LogP contribution in [0.1, 0.15) is 38.5 Å². The highest BCUT2D eigenvalue weighted by molar-refractivity contribution is 5.82. The van der Waals surface area contributed by atoms with E-state index in [1.54, 1.807) is 0 Å². The van der Waals surface area contributed by atoms with Crippen LogP contribution in [0, 0.1) is 0 Å². The molecule has 7 heteroatoms. The third-order valence-corrected chi connectivity index (χ3v) is 5.55. The fourth-order valence-corrected chi connectivity index (χ4v) is 3.98. The third-order valence-electron chi connectivity index (χ3n) is 5.55. The Morgan fingerprint density at radius 1 is 0.939 bits per heavy atom. The molecule has 4 nitrogen and oxygen atoms in total. The predicted octanol–water partition coefficient (Wildman–Crippen LogP) is 6.07. The minimum absolute atomic E-state index is 0.0330. The fraction of sp³-hybridized carbons (Fsp3) is 0.154. The maximum atomic E-state index is 12.9. The maximum Gasteiger partial charge on any atom is 0.416 e. The monoisotopic (exact) mass is 451 g/mol. The Morgan fingerprint density at radius 3 is 2.18 bits per heavy atom. The summed E-state index contributed by atoms with van der Waals surface area (Å²) in [5.74, 6) is -0.0704. The Bertz CT molecular complexity index is 1170. The zero-order valence-electron chi connectivity index (χ0n) is 17.4. The van der Waals surface area contributed by atoms with Gasteiger partial charge in [0.25, 0.3) is 0 Å². The number of nitrogens with one attached hydrogen (secondary N) is 1. The molecule has 0 atom stereocenters. The Labute approximate surface area is 188 Å². The van der Waals surface area contributed by atoms with Crippen LogP contribution in [-0.2, 0) is 10.9 Å². The van der Waals surface area contributed by atoms with Crippen LogP contribution in [0.2, 0.25) is 0 Å². The number of hydrogen-bond acceptors (Lipinski definition) is 3. The van der Waals surface area contributed by atoms with E-state index in [1.807, 2.05) is 48.5 Å². The molecule has 0 radical (unpaired) electrons. The van der Waals surface area contributed by atoms with Crippen molar-refractivity contribution < 1.29 is 27.5 Å². The molecule has 0 saturated heterocycles. The van der Waals surface area contributed by atoms with E-state index < -0.39 is 17.8 Å². The summed E-state index contributed by atoms with van der Waals surface area (Å²) in [5.41, 5.74) is 3.83. The number of fused-ring (bicyclic) bond motifs is 3. The Hall–Kier alpha value is -3.87. The highest BCUT2D eigenvalue weighted by atomic mass is 19.4. The summed E-state index contributed by atoms with van der Waals surface area (Å²) in [6.45, 7) is 0.192. The van der Waals surface area contributed by atoms with E-state index in [9.17, 15) is 22.8 Å². The van der Waals surface area contributed by atoms with Crippen molar-refractivity contribution in [1.82, 2.24) is 5.32 Å². The lowest BCUT2D eigenvalue weighted by Gasteiger charge is -2.14. The van der Waals surface area contributed by atoms with Gasteiger partial charge in [-0.1, -0.05) is 66.7 Å². The first-order chi connectivity index (χ1) is 15.9. The Morgan fingerprint density at radius 2 is 1.58 bits per heavy atom. The number of amides is 1. The molecule has 1 aliphatic carbocycles. The number of alkyl halides is 3. The molecule has 0 bridgehead atoms. The molecule has 1 amide bonds. The minimum Gasteiger partial charge on any atom is -0.449 e. The average Bonchev–Trinajstić information content (AvgIpc) is 3.13. The van der Waals surface area contributed by atoms with Gasteiger partial charge in [0.15, 0.2) is 6.29 Å². The number of aldehydes is 1. The molecule has 3 aromatic carbocycles. The van der Waals surface area contributed by atoms with Crippen molar-refractivity contribution in [2.75, 3.05) is 13.2 Å². The Balaban J connectivity index is 1.36. The van der Waals surface area contributed by atoms with Gasteiger partial charge in [-0.05, 0) is 39.9 Å². The summed E-state index contributed by atoms with van der Waals surface area (Å²) >= 11 is 0. The van der Waals surface area contributed by atoms with Crippen molar-refractivity contribution in [3.63, 3.8) is 0 Å². The number of benzene rings is 3. The van der Waals surface area contributed by atoms with E-state index in [0.717, 1.165) is 40.5 Å². The second-order valence-corrected chi connectivity index (χ2v) is 7.57. The van der Waals surface area contributed by atoms with Crippen LogP contribution < -0.4 is 5.32 Å². The molecule has 0 saturated carbocycles. The van der Waals surface area contributed by atoms with Gasteiger partial charge < -0.3 is 10.1 Å². The summed E-state index contributed by atoms with van der Waals surface area (Å²) in [7, 11) is 0. The lowest BCUT2D eigenvalue weighted by Crippen LogP contribution is -2.26. The summed E-state index contributed by atoms with van der Waals surface area (Å²) in [5, 5.41) is 2.55. The van der Waals surface area contributed by atoms with Crippen LogP contribution in [0.3, 0.4) is 0 Å². The van der Waals surface area contributed by atoms with E-state index in [2.05, 4.69) is 5.32 Å². The molecule has 1 aliphatic rings. The molecule has 3 aromatic rings. The first-order valence-corrected chi connectivity index (χ1v) is 10.3. The van der Waals surface area contributed by atoms with Crippen molar-refractivity contribution in [1.29, 1.82) is 0 Å². The second-order valence-electron chi connectivity index (χ2n) is 7.57. The van der Waals surface area contributed by atoms with Gasteiger partial charge in [-0.2, -0.15) is 13.2 Å². The van der Waals surface area contributed by atoms with Gasteiger partial charge in [0.1, 0.15) is 6.61 Å². The highest BCUT2D eigenvalue weighted by Gasteiger charge is 2.31. The fourth-order valence-electron chi connectivity index (χ4n) is 3.98. The summed E-state index contributed by atoms with van der Waals surface area (Å²) in [4.78, 5) is 23.3. The summed E-state index contributed by atoms with van der Waals surface area (Å²) < 4.78 is 44.1. The second kappa shape index (κ2) is 9.32. The van der Waals surface area contributed by atoms with E-state index >= 15 is 0 Å². The molecule has 0 unspecified atom stereocenters. The van der Waals surface area contributed by atoms with Crippen LogP contribution in [0.5, 0.6) is 0 Å². The molecule has 33 heavy (non-hydrogen) atoms. The minimum atomic E-state index is -4.51. The highest BCUT2D eigenvalue weighted by Crippen LogP contribution is 2.44. The van der Waals surface area contributed by atoms with Crippen molar-refractivity contribution in [2.24, 2.45) is 0 Å². The van der Waals surface area contributed by atoms with E-state index in [0.29, 0.717) is 6.29 Å². The molecule has 0 fully saturated rings. The quantitative estimate of drug-likeness (QED) is 0.463. The lowest BCUT2D eigenvalue weighted by atomic mass is 9.98. The molecule has 1 N–H and O–H groups in total. The molecule has 0 spiro atoms. The van der Waals surface area contributed by atoms with E-state index in [1.165, 1.54) is 12.2 Å². The van der Waals surface area contributed by atoms with E-state index in [-0.39, 0.29) is 30.2 Å². The number of carbonyl (C=O) groups is 2. The number of ether oxygens (including phenoxy) is 1. The Kier molecular flexibility index (Phi) is 6.31. The van der Waals surface area contributed by atoms with Crippen LogP contribution in [0.25, 0.3) is 17.2 Å². The van der Waals surface area contributed by atoms with Crippen LogP contribution >= 0.6 is 0 Å². The van der Waals surface area contributed by atoms with Gasteiger partial charge in [-0.25, -0.2) is 4.79 Å². The van der Waals surface area contributed by atoms with Crippen LogP contribution in [0.15, 0.2) is 72.8 Å². The normalized spacial score (nSPS) is 12.9. The van der Waals surface area contributed by atoms with Crippen molar-refractivity contribution >= 4 is 18.5 Å². The smallest absolute Gasteiger partial charge is 0.416 e. The molecule has 0 heterocycles. The van der Waals surface area contributed by atoms with Gasteiger partial charge in [0.05, 0.1) is 5.56 Å². The van der Waals surface area contributed by atoms with Gasteiger partial charge in [0, 0.05) is 18.0 Å². The van der Waals surface area contributed by atoms with Gasteiger partial charge in [-0.3, -0.25) is 4.79 Å². The standard InChI is InChI=1S/C26H20F3NO3/c27-26(28,29)19-12-11-18(15-31)17(14-19)6-5-13-30-25(32)33-16-24-22-9-3-1-7-20(22)21-8-2-4-10-23(21)24/h1-12,14-15,24H,13,16H2,(H,30,32). The van der Waals surface area contributed by atoms with Crippen LogP contribution in [-0.4, -0.2) is 25.5 Å². The van der Waals surface area contributed by atoms with Crippen molar-refractivity contribution in [3.8, 4) is 11.1 Å². The third kappa shape index (κ3) is 4.82. The molecule has 168 valence electrons. The molecule has 0 aromatic heterocycles. The first kappa shape index (κ1) is 22.3. The average molecular weight is 451 g/mol. The van der Waals surface area contributed by atoms with Gasteiger partial charge in [-0.15, -0.1) is 0 Å².